The third kappa shape index (κ3) is 4.54. The van der Waals surface area contributed by atoms with Crippen molar-refractivity contribution in [3.05, 3.63) is 11.6 Å². The Balaban J connectivity index is 1.63. The quantitative estimate of drug-likeness (QED) is 0.227. The van der Waals surface area contributed by atoms with Crippen molar-refractivity contribution in [3.63, 3.8) is 0 Å². The first-order chi connectivity index (χ1) is 16.5. The summed E-state index contributed by atoms with van der Waals surface area (Å²) in [6.45, 7) is 6.16. The van der Waals surface area contributed by atoms with Crippen molar-refractivity contribution in [2.45, 2.75) is 84.8 Å². The molecular formula is C27H37ClO7. The smallest absolute Gasteiger partial charge is 0.303 e. The van der Waals surface area contributed by atoms with E-state index in [0.29, 0.717) is 24.1 Å². The van der Waals surface area contributed by atoms with Gasteiger partial charge < -0.3 is 14.2 Å². The molecule has 3 unspecified atom stereocenters. The van der Waals surface area contributed by atoms with Gasteiger partial charge in [0.25, 0.3) is 0 Å². The molecule has 8 atom stereocenters. The Bertz CT molecular complexity index is 928. The number of esters is 3. The van der Waals surface area contributed by atoms with Crippen LogP contribution in [0.5, 0.6) is 0 Å². The molecule has 7 nitrogen and oxygen atoms in total. The molecule has 0 saturated heterocycles. The molecule has 0 radical (unpaired) electrons. The minimum Gasteiger partial charge on any atom is -0.459 e. The number of allylic oxidation sites excluding steroid dienone is 2. The number of hydrogen-bond donors (Lipinski definition) is 0. The third-order valence-corrected chi connectivity index (χ3v) is 9.91. The second-order valence-corrected chi connectivity index (χ2v) is 11.5. The van der Waals surface area contributed by atoms with Crippen LogP contribution in [-0.2, 0) is 33.4 Å². The predicted molar refractivity (Wildman–Crippen MR) is 128 cm³/mol. The Morgan fingerprint density at radius 3 is 2.26 bits per heavy atom. The zero-order valence-corrected chi connectivity index (χ0v) is 21.9. The topological polar surface area (TPSA) is 96.0 Å². The highest BCUT2D eigenvalue weighted by Crippen LogP contribution is 2.66. The molecule has 4 rings (SSSR count). The highest BCUT2D eigenvalue weighted by Gasteiger charge is 2.62. The summed E-state index contributed by atoms with van der Waals surface area (Å²) in [5.41, 5.74) is 0.857. The van der Waals surface area contributed by atoms with E-state index in [-0.39, 0.29) is 47.0 Å². The average Bonchev–Trinajstić information content (AvgIpc) is 3.15. The van der Waals surface area contributed by atoms with Gasteiger partial charge in [-0.3, -0.25) is 19.2 Å². The van der Waals surface area contributed by atoms with Gasteiger partial charge in [-0.1, -0.05) is 18.6 Å². The van der Waals surface area contributed by atoms with Crippen LogP contribution in [0.4, 0.5) is 0 Å². The lowest BCUT2D eigenvalue weighted by Crippen LogP contribution is -2.58. The summed E-state index contributed by atoms with van der Waals surface area (Å²) >= 11 is 6.76. The van der Waals surface area contributed by atoms with Crippen LogP contribution in [-0.4, -0.2) is 48.4 Å². The monoisotopic (exact) mass is 508 g/mol. The van der Waals surface area contributed by atoms with Gasteiger partial charge in [-0.25, -0.2) is 0 Å². The Hall–Kier alpha value is -1.89. The summed E-state index contributed by atoms with van der Waals surface area (Å²) in [5, 5.41) is 0. The molecule has 0 aromatic heterocycles. The fraction of sp³-hybridized carbons (Fsp3) is 0.778. The van der Waals surface area contributed by atoms with Crippen molar-refractivity contribution in [3.8, 4) is 0 Å². The lowest BCUT2D eigenvalue weighted by molar-refractivity contribution is -0.185. The van der Waals surface area contributed by atoms with E-state index in [1.165, 1.54) is 26.3 Å². The summed E-state index contributed by atoms with van der Waals surface area (Å²) in [6, 6.07) is 0. The summed E-state index contributed by atoms with van der Waals surface area (Å²) in [4.78, 5) is 48.0. The summed E-state index contributed by atoms with van der Waals surface area (Å²) in [5.74, 6) is -0.219. The number of ether oxygens (including phenoxy) is 3. The molecule has 8 heteroatoms. The number of fused-ring (bicyclic) bond motifs is 5. The Morgan fingerprint density at radius 1 is 0.943 bits per heavy atom. The number of rotatable bonds is 6. The number of alkyl halides is 1. The molecule has 0 amide bonds. The lowest BCUT2D eigenvalue weighted by Gasteiger charge is -2.59. The minimum atomic E-state index is -0.513. The number of hydrogen-bond acceptors (Lipinski definition) is 7. The van der Waals surface area contributed by atoms with E-state index < -0.39 is 18.2 Å². The van der Waals surface area contributed by atoms with Gasteiger partial charge in [0.05, 0.1) is 0 Å². The van der Waals surface area contributed by atoms with Gasteiger partial charge in [0, 0.05) is 43.9 Å². The largest absolute Gasteiger partial charge is 0.459 e. The highest BCUT2D eigenvalue weighted by molar-refractivity contribution is 6.18. The van der Waals surface area contributed by atoms with E-state index >= 15 is 0 Å². The zero-order valence-electron chi connectivity index (χ0n) is 21.1. The molecule has 4 aliphatic carbocycles. The standard InChI is InChI=1S/C27H37ClO7/c1-15(29)33-13-23(32)21-8-7-19-18-5-6-22-25(35-17(3)31)24(34-16(2)30)10-12-27(22,14-28)20(18)9-11-26(19,21)4/h9,18-19,21-22,24-25H,5-8,10-14H2,1-4H3/t18-,19-,21+,22?,24?,25?,26-,27-/m0/s1. The number of carbonyl (C=O) groups excluding carboxylic acids is 4. The maximum Gasteiger partial charge on any atom is 0.303 e. The molecule has 4 aliphatic rings. The van der Waals surface area contributed by atoms with Crippen molar-refractivity contribution >= 4 is 35.3 Å². The maximum absolute atomic E-state index is 13.0. The number of halogens is 1. The summed E-state index contributed by atoms with van der Waals surface area (Å²) < 4.78 is 16.4. The van der Waals surface area contributed by atoms with Gasteiger partial charge in [-0.2, -0.15) is 0 Å². The van der Waals surface area contributed by atoms with Gasteiger partial charge in [-0.05, 0) is 62.2 Å². The van der Waals surface area contributed by atoms with E-state index in [1.54, 1.807) is 0 Å². The van der Waals surface area contributed by atoms with Crippen molar-refractivity contribution in [2.75, 3.05) is 12.5 Å². The molecule has 194 valence electrons. The minimum absolute atomic E-state index is 0.0135. The molecule has 0 aromatic carbocycles. The first-order valence-corrected chi connectivity index (χ1v) is 13.3. The van der Waals surface area contributed by atoms with Crippen LogP contribution in [0, 0.1) is 34.5 Å². The molecule has 0 heterocycles. The van der Waals surface area contributed by atoms with Crippen molar-refractivity contribution in [2.24, 2.45) is 34.5 Å². The van der Waals surface area contributed by atoms with Crippen LogP contribution < -0.4 is 0 Å². The fourth-order valence-electron chi connectivity index (χ4n) is 8.06. The van der Waals surface area contributed by atoms with E-state index in [1.807, 2.05) is 0 Å². The molecule has 0 spiro atoms. The van der Waals surface area contributed by atoms with E-state index in [2.05, 4.69) is 13.0 Å². The molecule has 0 bridgehead atoms. The predicted octanol–water partition coefficient (Wildman–Crippen LogP) is 4.39. The van der Waals surface area contributed by atoms with Crippen LogP contribution in [0.25, 0.3) is 0 Å². The first kappa shape index (κ1) is 26.2. The molecule has 0 N–H and O–H groups in total. The normalized spacial score (nSPS) is 39.9. The third-order valence-electron chi connectivity index (χ3n) is 9.43. The van der Waals surface area contributed by atoms with Crippen molar-refractivity contribution in [1.29, 1.82) is 0 Å². The molecular weight excluding hydrogens is 472 g/mol. The van der Waals surface area contributed by atoms with Crippen molar-refractivity contribution in [1.82, 2.24) is 0 Å². The fourth-order valence-corrected chi connectivity index (χ4v) is 8.55. The van der Waals surface area contributed by atoms with E-state index in [9.17, 15) is 19.2 Å². The molecule has 35 heavy (non-hydrogen) atoms. The lowest BCUT2D eigenvalue weighted by atomic mass is 9.48. The van der Waals surface area contributed by atoms with Gasteiger partial charge in [-0.15, -0.1) is 11.6 Å². The first-order valence-electron chi connectivity index (χ1n) is 12.8. The molecule has 3 saturated carbocycles. The Labute approximate surface area is 212 Å². The van der Waals surface area contributed by atoms with Crippen LogP contribution in [0.15, 0.2) is 11.6 Å². The van der Waals surface area contributed by atoms with Crippen LogP contribution in [0.3, 0.4) is 0 Å². The Morgan fingerprint density at radius 2 is 1.63 bits per heavy atom. The molecule has 3 fully saturated rings. The SMILES string of the molecule is CC(=O)OCC(=O)[C@H]1CC[C@H]2[C@@H]3CCC4C(OC(C)=O)C(OC(C)=O)CC[C@]4(CCl)C3=CC[C@]12C. The molecule has 0 aliphatic heterocycles. The van der Waals surface area contributed by atoms with Gasteiger partial charge in [0.2, 0.25) is 0 Å². The molecule has 0 aromatic rings. The maximum atomic E-state index is 13.0. The van der Waals surface area contributed by atoms with Crippen LogP contribution in [0.1, 0.15) is 72.6 Å². The number of ketones is 1. The Kier molecular flexibility index (Phi) is 7.38. The second-order valence-electron chi connectivity index (χ2n) is 11.2. The highest BCUT2D eigenvalue weighted by atomic mass is 35.5. The van der Waals surface area contributed by atoms with Crippen LogP contribution in [0.2, 0.25) is 0 Å². The van der Waals surface area contributed by atoms with Gasteiger partial charge in [0.15, 0.2) is 5.78 Å². The average molecular weight is 509 g/mol. The van der Waals surface area contributed by atoms with Crippen LogP contribution >= 0.6 is 11.6 Å². The van der Waals surface area contributed by atoms with Crippen molar-refractivity contribution < 1.29 is 33.4 Å². The summed E-state index contributed by atoms with van der Waals surface area (Å²) in [7, 11) is 0. The van der Waals surface area contributed by atoms with Gasteiger partial charge in [0.1, 0.15) is 18.8 Å². The van der Waals surface area contributed by atoms with E-state index in [0.717, 1.165) is 38.5 Å². The second kappa shape index (κ2) is 9.87. The summed E-state index contributed by atoms with van der Waals surface area (Å²) in [6.07, 6.45) is 6.99. The van der Waals surface area contributed by atoms with Gasteiger partial charge >= 0.3 is 17.9 Å². The number of Topliss-reactive ketones (excluding diaryl/α,β-unsaturated/α-hetero) is 1. The number of carbonyl (C=O) groups is 4. The zero-order chi connectivity index (χ0) is 25.5. The van der Waals surface area contributed by atoms with E-state index in [4.69, 9.17) is 25.8 Å².